The molecular formula is C24H15BO. The second-order valence-corrected chi connectivity index (χ2v) is 6.45. The van der Waals surface area contributed by atoms with Gasteiger partial charge in [-0.15, -0.1) is 0 Å². The number of rotatable bonds is 2. The van der Waals surface area contributed by atoms with Gasteiger partial charge < -0.3 is 4.42 Å². The quantitative estimate of drug-likeness (QED) is 0.378. The molecule has 0 spiro atoms. The highest BCUT2D eigenvalue weighted by molar-refractivity contribution is 6.41. The highest BCUT2D eigenvalue weighted by atomic mass is 16.3. The average molecular weight is 330 g/mol. The Balaban J connectivity index is 1.93. The molecule has 26 heavy (non-hydrogen) atoms. The van der Waals surface area contributed by atoms with Crippen LogP contribution in [0.2, 0.25) is 0 Å². The number of hydrogen-bond acceptors (Lipinski definition) is 1. The zero-order chi connectivity index (χ0) is 17.5. The molecule has 0 saturated carbocycles. The van der Waals surface area contributed by atoms with Crippen LogP contribution in [-0.2, 0) is 0 Å². The van der Waals surface area contributed by atoms with Gasteiger partial charge in [0.05, 0.1) is 0 Å². The van der Waals surface area contributed by atoms with Crippen molar-refractivity contribution in [3.63, 3.8) is 0 Å². The molecule has 120 valence electrons. The molecule has 2 radical (unpaired) electrons. The van der Waals surface area contributed by atoms with E-state index in [0.717, 1.165) is 44.1 Å². The van der Waals surface area contributed by atoms with Crippen molar-refractivity contribution in [1.82, 2.24) is 0 Å². The SMILES string of the molecule is [B]c1cccc2oc3c(-c4ccccc4)cc(-c4ccccc4)cc3c12. The smallest absolute Gasteiger partial charge is 0.143 e. The Morgan fingerprint density at radius 3 is 2.04 bits per heavy atom. The summed E-state index contributed by atoms with van der Waals surface area (Å²) in [5.74, 6) is 0. The first kappa shape index (κ1) is 15.0. The fraction of sp³-hybridized carbons (Fsp3) is 0. The van der Waals surface area contributed by atoms with Crippen LogP contribution in [-0.4, -0.2) is 7.85 Å². The van der Waals surface area contributed by atoms with Gasteiger partial charge in [-0.25, -0.2) is 0 Å². The third-order valence-corrected chi connectivity index (χ3v) is 4.82. The Morgan fingerprint density at radius 1 is 0.615 bits per heavy atom. The molecule has 5 rings (SSSR count). The van der Waals surface area contributed by atoms with Crippen LogP contribution in [0.5, 0.6) is 0 Å². The van der Waals surface area contributed by atoms with Gasteiger partial charge in [-0.2, -0.15) is 0 Å². The zero-order valence-corrected chi connectivity index (χ0v) is 14.1. The molecule has 1 aromatic heterocycles. The second kappa shape index (κ2) is 5.92. The van der Waals surface area contributed by atoms with Crippen LogP contribution in [0, 0.1) is 0 Å². The molecule has 0 aliphatic heterocycles. The molecular weight excluding hydrogens is 315 g/mol. The standard InChI is InChI=1S/C24H15BO/c25-21-12-7-13-22-23(21)20-15-18(16-8-3-1-4-9-16)14-19(24(20)26-22)17-10-5-2-6-11-17/h1-15H. The van der Waals surface area contributed by atoms with Crippen molar-refractivity contribution >= 4 is 35.2 Å². The van der Waals surface area contributed by atoms with E-state index in [0.29, 0.717) is 0 Å². The van der Waals surface area contributed by atoms with Crippen LogP contribution in [0.15, 0.2) is 95.4 Å². The zero-order valence-electron chi connectivity index (χ0n) is 14.1. The summed E-state index contributed by atoms with van der Waals surface area (Å²) >= 11 is 0. The van der Waals surface area contributed by atoms with Gasteiger partial charge in [0, 0.05) is 16.3 Å². The fourth-order valence-electron chi connectivity index (χ4n) is 3.59. The van der Waals surface area contributed by atoms with Gasteiger partial charge in [0.2, 0.25) is 0 Å². The van der Waals surface area contributed by atoms with E-state index < -0.39 is 0 Å². The molecule has 0 N–H and O–H groups in total. The van der Waals surface area contributed by atoms with Gasteiger partial charge in [0.1, 0.15) is 19.0 Å². The maximum absolute atomic E-state index is 6.28. The monoisotopic (exact) mass is 330 g/mol. The molecule has 0 unspecified atom stereocenters. The first-order valence-electron chi connectivity index (χ1n) is 8.67. The maximum atomic E-state index is 6.28. The van der Waals surface area contributed by atoms with Crippen LogP contribution in [0.1, 0.15) is 0 Å². The van der Waals surface area contributed by atoms with Crippen molar-refractivity contribution in [2.75, 3.05) is 0 Å². The minimum absolute atomic E-state index is 0.741. The van der Waals surface area contributed by atoms with E-state index in [1.54, 1.807) is 0 Å². The Labute approximate surface area is 153 Å². The van der Waals surface area contributed by atoms with Crippen molar-refractivity contribution in [2.45, 2.75) is 0 Å². The van der Waals surface area contributed by atoms with Crippen molar-refractivity contribution in [2.24, 2.45) is 0 Å². The Morgan fingerprint density at radius 2 is 1.31 bits per heavy atom. The maximum Gasteiger partial charge on any atom is 0.143 e. The molecule has 5 aromatic rings. The average Bonchev–Trinajstić information content (AvgIpc) is 3.08. The van der Waals surface area contributed by atoms with Gasteiger partial charge >= 0.3 is 0 Å². The summed E-state index contributed by atoms with van der Waals surface area (Å²) in [6.07, 6.45) is 0. The Bertz CT molecular complexity index is 1220. The lowest BCUT2D eigenvalue weighted by molar-refractivity contribution is 0.670. The van der Waals surface area contributed by atoms with E-state index in [4.69, 9.17) is 12.3 Å². The van der Waals surface area contributed by atoms with Gasteiger partial charge in [-0.1, -0.05) is 78.3 Å². The number of hydrogen-bond donors (Lipinski definition) is 0. The molecule has 0 aliphatic carbocycles. The highest BCUT2D eigenvalue weighted by Gasteiger charge is 2.15. The molecule has 1 heterocycles. The summed E-state index contributed by atoms with van der Waals surface area (Å²) in [6, 6.07) is 31.0. The summed E-state index contributed by atoms with van der Waals surface area (Å²) in [6.45, 7) is 0. The first-order chi connectivity index (χ1) is 12.8. The van der Waals surface area contributed by atoms with Crippen molar-refractivity contribution in [1.29, 1.82) is 0 Å². The van der Waals surface area contributed by atoms with Crippen molar-refractivity contribution in [3.8, 4) is 22.3 Å². The van der Waals surface area contributed by atoms with Crippen LogP contribution in [0.25, 0.3) is 44.2 Å². The van der Waals surface area contributed by atoms with E-state index in [1.807, 2.05) is 42.5 Å². The fourth-order valence-corrected chi connectivity index (χ4v) is 3.59. The van der Waals surface area contributed by atoms with E-state index in [1.165, 1.54) is 5.56 Å². The molecule has 0 fully saturated rings. The summed E-state index contributed by atoms with van der Waals surface area (Å²) in [7, 11) is 6.28. The highest BCUT2D eigenvalue weighted by Crippen LogP contribution is 2.38. The molecule has 0 amide bonds. The third-order valence-electron chi connectivity index (χ3n) is 4.82. The summed E-state index contributed by atoms with van der Waals surface area (Å²) in [5, 5.41) is 2.04. The largest absolute Gasteiger partial charge is 0.455 e. The lowest BCUT2D eigenvalue weighted by Gasteiger charge is -2.08. The van der Waals surface area contributed by atoms with E-state index >= 15 is 0 Å². The Hall–Kier alpha value is -3.26. The number of fused-ring (bicyclic) bond motifs is 3. The lowest BCUT2D eigenvalue weighted by Crippen LogP contribution is -2.01. The molecule has 0 saturated heterocycles. The molecule has 0 atom stereocenters. The normalized spacial score (nSPS) is 11.2. The summed E-state index contributed by atoms with van der Waals surface area (Å²) < 4.78 is 6.23. The molecule has 1 nitrogen and oxygen atoms in total. The van der Waals surface area contributed by atoms with Crippen molar-refractivity contribution in [3.05, 3.63) is 91.0 Å². The van der Waals surface area contributed by atoms with Crippen LogP contribution in [0.3, 0.4) is 0 Å². The van der Waals surface area contributed by atoms with E-state index in [-0.39, 0.29) is 0 Å². The third kappa shape index (κ3) is 2.34. The van der Waals surface area contributed by atoms with Crippen LogP contribution in [0.4, 0.5) is 0 Å². The number of furan rings is 1. The summed E-state index contributed by atoms with van der Waals surface area (Å²) in [5.41, 5.74) is 6.99. The molecule has 0 bridgehead atoms. The molecule has 2 heteroatoms. The minimum Gasteiger partial charge on any atom is -0.455 e. The predicted molar refractivity (Wildman–Crippen MR) is 110 cm³/mol. The van der Waals surface area contributed by atoms with Crippen molar-refractivity contribution < 1.29 is 4.42 Å². The predicted octanol–water partition coefficient (Wildman–Crippen LogP) is 5.71. The van der Waals surface area contributed by atoms with Crippen LogP contribution >= 0.6 is 0 Å². The summed E-state index contributed by atoms with van der Waals surface area (Å²) in [4.78, 5) is 0. The molecule has 4 aromatic carbocycles. The minimum atomic E-state index is 0.741. The molecule has 0 aliphatic rings. The second-order valence-electron chi connectivity index (χ2n) is 6.45. The van der Waals surface area contributed by atoms with Gasteiger partial charge in [-0.3, -0.25) is 0 Å². The topological polar surface area (TPSA) is 13.1 Å². The van der Waals surface area contributed by atoms with E-state index in [2.05, 4.69) is 48.5 Å². The van der Waals surface area contributed by atoms with E-state index in [9.17, 15) is 0 Å². The Kier molecular flexibility index (Phi) is 3.43. The van der Waals surface area contributed by atoms with Gasteiger partial charge in [0.15, 0.2) is 0 Å². The van der Waals surface area contributed by atoms with Crippen LogP contribution < -0.4 is 5.46 Å². The van der Waals surface area contributed by atoms with Gasteiger partial charge in [0.25, 0.3) is 0 Å². The lowest BCUT2D eigenvalue weighted by atomic mass is 9.89. The number of benzene rings is 4. The van der Waals surface area contributed by atoms with Gasteiger partial charge in [-0.05, 0) is 34.9 Å². The first-order valence-corrected chi connectivity index (χ1v) is 8.67.